The Kier molecular flexibility index (Phi) is 2.78. The third kappa shape index (κ3) is 1.35. The van der Waals surface area contributed by atoms with Gasteiger partial charge in [0, 0.05) is 0 Å². The quantitative estimate of drug-likeness (QED) is 0.722. The molecule has 73 valence electrons. The van der Waals surface area contributed by atoms with Gasteiger partial charge in [-0.15, -0.1) is 0 Å². The van der Waals surface area contributed by atoms with Gasteiger partial charge >= 0.3 is 0 Å². The van der Waals surface area contributed by atoms with Crippen molar-refractivity contribution in [3.05, 3.63) is 45.8 Å². The van der Waals surface area contributed by atoms with E-state index < -0.39 is 0 Å². The predicted molar refractivity (Wildman–Crippen MR) is 65.2 cm³/mol. The van der Waals surface area contributed by atoms with Gasteiger partial charge in [0.1, 0.15) is 0 Å². The van der Waals surface area contributed by atoms with Crippen LogP contribution >= 0.6 is 15.9 Å². The standard InChI is InChI=1S/C13H14Br/c1-3-9-10(4-2)13(14)12-8-6-5-7-11(9)12/h5-8H,3-4H2,1-2H3. The van der Waals surface area contributed by atoms with Crippen molar-refractivity contribution in [3.8, 4) is 0 Å². The minimum absolute atomic E-state index is 1.11. The molecule has 1 radical (unpaired) electrons. The number of benzene rings is 1. The summed E-state index contributed by atoms with van der Waals surface area (Å²) < 4.78 is 0. The van der Waals surface area contributed by atoms with Crippen molar-refractivity contribution < 1.29 is 0 Å². The summed E-state index contributed by atoms with van der Waals surface area (Å²) in [5.41, 5.74) is 5.77. The summed E-state index contributed by atoms with van der Waals surface area (Å²) in [7, 11) is 0. The van der Waals surface area contributed by atoms with E-state index in [1.807, 2.05) is 0 Å². The van der Waals surface area contributed by atoms with Crippen molar-refractivity contribution in [2.45, 2.75) is 26.7 Å². The maximum atomic E-state index is 3.70. The van der Waals surface area contributed by atoms with Gasteiger partial charge < -0.3 is 0 Å². The lowest BCUT2D eigenvalue weighted by Gasteiger charge is -2.05. The molecule has 0 heterocycles. The molecule has 0 spiro atoms. The minimum Gasteiger partial charge on any atom is -0.0729 e. The van der Waals surface area contributed by atoms with Gasteiger partial charge in [-0.05, 0) is 35.1 Å². The topological polar surface area (TPSA) is 0 Å². The second-order valence-electron chi connectivity index (χ2n) is 3.52. The molecule has 0 bridgehead atoms. The Morgan fingerprint density at radius 2 is 1.50 bits per heavy atom. The number of rotatable bonds is 2. The van der Waals surface area contributed by atoms with Crippen molar-refractivity contribution in [1.29, 1.82) is 0 Å². The molecule has 14 heavy (non-hydrogen) atoms. The van der Waals surface area contributed by atoms with Gasteiger partial charge in [-0.2, -0.15) is 0 Å². The first-order valence-electron chi connectivity index (χ1n) is 5.14. The lowest BCUT2D eigenvalue weighted by atomic mass is 10.0. The smallest absolute Gasteiger partial charge is 0.0729 e. The Hall–Kier alpha value is -0.560. The van der Waals surface area contributed by atoms with Crippen molar-refractivity contribution >= 4 is 21.5 Å². The summed E-state index contributed by atoms with van der Waals surface area (Å²) in [4.78, 5) is 1.30. The van der Waals surface area contributed by atoms with Gasteiger partial charge in [-0.25, -0.2) is 0 Å². The molecular formula is C13H14Br. The molecule has 1 heteroatoms. The van der Waals surface area contributed by atoms with Crippen molar-refractivity contribution in [2.75, 3.05) is 0 Å². The van der Waals surface area contributed by atoms with Crippen LogP contribution in [-0.2, 0) is 0 Å². The zero-order chi connectivity index (χ0) is 10.1. The maximum absolute atomic E-state index is 3.70. The third-order valence-electron chi connectivity index (χ3n) is 2.82. The molecule has 2 rings (SSSR count). The molecule has 0 aromatic heterocycles. The lowest BCUT2D eigenvalue weighted by molar-refractivity contribution is 1.10. The largest absolute Gasteiger partial charge is 0.0958 e. The van der Waals surface area contributed by atoms with Crippen LogP contribution in [0.5, 0.6) is 0 Å². The van der Waals surface area contributed by atoms with E-state index in [2.05, 4.69) is 54.0 Å². The van der Waals surface area contributed by atoms with Crippen LogP contribution in [0.1, 0.15) is 37.8 Å². The molecule has 1 aliphatic carbocycles. The number of hydrogen-bond acceptors (Lipinski definition) is 0. The first kappa shape index (κ1) is 9.97. The number of fused-ring (bicyclic) bond motifs is 1. The molecule has 1 aromatic carbocycles. The first-order valence-corrected chi connectivity index (χ1v) is 5.93. The second-order valence-corrected chi connectivity index (χ2v) is 4.32. The van der Waals surface area contributed by atoms with Crippen LogP contribution in [0.2, 0.25) is 0 Å². The van der Waals surface area contributed by atoms with Gasteiger partial charge in [0.25, 0.3) is 0 Å². The summed E-state index contributed by atoms with van der Waals surface area (Å²) in [6.45, 7) is 4.45. The van der Waals surface area contributed by atoms with E-state index in [1.165, 1.54) is 27.1 Å². The maximum Gasteiger partial charge on any atom is 0.0958 e. The van der Waals surface area contributed by atoms with Crippen molar-refractivity contribution in [3.63, 3.8) is 0 Å². The predicted octanol–water partition coefficient (Wildman–Crippen LogP) is 4.55. The van der Waals surface area contributed by atoms with E-state index in [9.17, 15) is 0 Å². The summed E-state index contributed by atoms with van der Waals surface area (Å²) in [6, 6.07) is 8.63. The van der Waals surface area contributed by atoms with Gasteiger partial charge in [0.05, 0.1) is 4.83 Å². The van der Waals surface area contributed by atoms with E-state index in [0.29, 0.717) is 0 Å². The molecular weight excluding hydrogens is 236 g/mol. The van der Waals surface area contributed by atoms with Crippen LogP contribution in [0.4, 0.5) is 0 Å². The van der Waals surface area contributed by atoms with Crippen LogP contribution in [0.15, 0.2) is 29.8 Å². The van der Waals surface area contributed by atoms with Gasteiger partial charge in [-0.3, -0.25) is 0 Å². The fourth-order valence-electron chi connectivity index (χ4n) is 2.17. The Morgan fingerprint density at radius 1 is 0.929 bits per heavy atom. The Balaban J connectivity index is 2.57. The molecule has 1 aromatic rings. The summed E-state index contributed by atoms with van der Waals surface area (Å²) in [6.07, 6.45) is 2.23. The average molecular weight is 250 g/mol. The highest BCUT2D eigenvalue weighted by atomic mass is 79.9. The van der Waals surface area contributed by atoms with E-state index in [0.717, 1.165) is 12.8 Å². The average Bonchev–Trinajstić information content (AvgIpc) is 2.51. The molecule has 0 aliphatic heterocycles. The summed E-state index contributed by atoms with van der Waals surface area (Å²) in [5.74, 6) is 0. The molecule has 0 saturated carbocycles. The fourth-order valence-corrected chi connectivity index (χ4v) is 3.03. The van der Waals surface area contributed by atoms with Gasteiger partial charge in [-0.1, -0.05) is 54.0 Å². The summed E-state index contributed by atoms with van der Waals surface area (Å²) in [5, 5.41) is 0. The van der Waals surface area contributed by atoms with Crippen LogP contribution in [-0.4, -0.2) is 0 Å². The molecule has 0 unspecified atom stereocenters. The van der Waals surface area contributed by atoms with Crippen LogP contribution in [0.3, 0.4) is 0 Å². The van der Waals surface area contributed by atoms with E-state index in [4.69, 9.17) is 0 Å². The van der Waals surface area contributed by atoms with Crippen LogP contribution in [0.25, 0.3) is 5.57 Å². The molecule has 1 aliphatic rings. The molecule has 0 amide bonds. The van der Waals surface area contributed by atoms with Gasteiger partial charge in [0.15, 0.2) is 0 Å². The second kappa shape index (κ2) is 3.90. The normalized spacial score (nSPS) is 16.2. The van der Waals surface area contributed by atoms with Crippen molar-refractivity contribution in [1.82, 2.24) is 0 Å². The lowest BCUT2D eigenvalue weighted by Crippen LogP contribution is -1.88. The first-order chi connectivity index (χ1) is 6.79. The highest BCUT2D eigenvalue weighted by Gasteiger charge is 2.27. The number of halogens is 1. The van der Waals surface area contributed by atoms with E-state index in [1.54, 1.807) is 0 Å². The zero-order valence-corrected chi connectivity index (χ0v) is 10.2. The molecule has 0 N–H and O–H groups in total. The number of allylic oxidation sites excluding steroid dienone is 2. The highest BCUT2D eigenvalue weighted by molar-refractivity contribution is 9.11. The SMILES string of the molecule is CCC1=C(CC)c2ccccc2[C]1Br. The van der Waals surface area contributed by atoms with Crippen LogP contribution < -0.4 is 0 Å². The molecule has 0 nitrogen and oxygen atoms in total. The highest BCUT2D eigenvalue weighted by Crippen LogP contribution is 2.46. The van der Waals surface area contributed by atoms with E-state index >= 15 is 0 Å². The van der Waals surface area contributed by atoms with E-state index in [-0.39, 0.29) is 0 Å². The van der Waals surface area contributed by atoms with Gasteiger partial charge in [0.2, 0.25) is 0 Å². The summed E-state index contributed by atoms with van der Waals surface area (Å²) >= 11 is 3.70. The van der Waals surface area contributed by atoms with Crippen molar-refractivity contribution in [2.24, 2.45) is 0 Å². The Labute approximate surface area is 94.2 Å². The Bertz CT molecular complexity index is 377. The minimum atomic E-state index is 1.11. The third-order valence-corrected chi connectivity index (χ3v) is 3.73. The molecule has 0 fully saturated rings. The molecule has 0 atom stereocenters. The fraction of sp³-hybridized carbons (Fsp3) is 0.308. The monoisotopic (exact) mass is 249 g/mol. The Morgan fingerprint density at radius 3 is 2.07 bits per heavy atom. The number of hydrogen-bond donors (Lipinski definition) is 0. The van der Waals surface area contributed by atoms with Crippen LogP contribution in [0, 0.1) is 4.83 Å². The molecule has 0 saturated heterocycles. The zero-order valence-electron chi connectivity index (χ0n) is 8.60.